The average molecular weight is 443 g/mol. The molecule has 7 heteroatoms. The molecule has 1 aliphatic rings. The SMILES string of the molecule is CCC(C)(C)Cc1c[nH]c(C2(Cc3ccc(-c4ccc(F)cn4)cc3)CC(F)(F)CN2)n1. The van der Waals surface area contributed by atoms with Gasteiger partial charge < -0.3 is 4.98 Å². The molecule has 4 rings (SSSR count). The quantitative estimate of drug-likeness (QED) is 0.497. The summed E-state index contributed by atoms with van der Waals surface area (Å²) in [5.74, 6) is -2.63. The third kappa shape index (κ3) is 4.88. The van der Waals surface area contributed by atoms with Crippen LogP contribution in [0.2, 0.25) is 0 Å². The van der Waals surface area contributed by atoms with E-state index in [-0.39, 0.29) is 24.2 Å². The molecule has 2 N–H and O–H groups in total. The molecule has 1 aromatic carbocycles. The van der Waals surface area contributed by atoms with Crippen molar-refractivity contribution < 1.29 is 13.2 Å². The Labute approximate surface area is 186 Å². The van der Waals surface area contributed by atoms with Gasteiger partial charge in [-0.2, -0.15) is 0 Å². The van der Waals surface area contributed by atoms with Gasteiger partial charge in [0.15, 0.2) is 0 Å². The first kappa shape index (κ1) is 22.5. The Morgan fingerprint density at radius 2 is 1.84 bits per heavy atom. The predicted octanol–water partition coefficient (Wildman–Crippen LogP) is 5.66. The molecule has 3 aromatic rings. The lowest BCUT2D eigenvalue weighted by Crippen LogP contribution is -2.40. The third-order valence-electron chi connectivity index (χ3n) is 6.43. The van der Waals surface area contributed by atoms with Crippen LogP contribution in [0.3, 0.4) is 0 Å². The highest BCUT2D eigenvalue weighted by molar-refractivity contribution is 5.59. The molecule has 0 spiro atoms. The maximum Gasteiger partial charge on any atom is 0.262 e. The molecule has 32 heavy (non-hydrogen) atoms. The van der Waals surface area contributed by atoms with Crippen LogP contribution in [-0.2, 0) is 18.4 Å². The Hall–Kier alpha value is -2.67. The van der Waals surface area contributed by atoms with Gasteiger partial charge in [0, 0.05) is 18.2 Å². The van der Waals surface area contributed by atoms with Crippen LogP contribution >= 0.6 is 0 Å². The van der Waals surface area contributed by atoms with Gasteiger partial charge in [0.25, 0.3) is 5.92 Å². The number of nitrogens with one attached hydrogen (secondary N) is 2. The molecular formula is C25H29F3N4. The fraction of sp³-hybridized carbons (Fsp3) is 0.440. The summed E-state index contributed by atoms with van der Waals surface area (Å²) in [5, 5.41) is 3.07. The molecule has 1 atom stereocenters. The zero-order valence-corrected chi connectivity index (χ0v) is 18.7. The fourth-order valence-electron chi connectivity index (χ4n) is 4.24. The number of imidazole rings is 1. The maximum atomic E-state index is 14.3. The van der Waals surface area contributed by atoms with E-state index in [0.717, 1.165) is 29.7 Å². The third-order valence-corrected chi connectivity index (χ3v) is 6.43. The van der Waals surface area contributed by atoms with Gasteiger partial charge in [-0.3, -0.25) is 10.3 Å². The van der Waals surface area contributed by atoms with E-state index in [2.05, 4.69) is 36.1 Å². The number of aromatic amines is 1. The topological polar surface area (TPSA) is 53.6 Å². The largest absolute Gasteiger partial charge is 0.347 e. The Morgan fingerprint density at radius 1 is 1.09 bits per heavy atom. The molecule has 2 aromatic heterocycles. The van der Waals surface area contributed by atoms with Crippen LogP contribution in [0.1, 0.15) is 50.7 Å². The van der Waals surface area contributed by atoms with Gasteiger partial charge in [-0.1, -0.05) is 51.5 Å². The first-order valence-corrected chi connectivity index (χ1v) is 11.0. The van der Waals surface area contributed by atoms with E-state index >= 15 is 0 Å². The van der Waals surface area contributed by atoms with Crippen molar-refractivity contribution in [3.63, 3.8) is 0 Å². The zero-order chi connectivity index (χ0) is 23.0. The van der Waals surface area contributed by atoms with Gasteiger partial charge in [-0.25, -0.2) is 18.2 Å². The summed E-state index contributed by atoms with van der Waals surface area (Å²) in [6, 6.07) is 10.6. The molecule has 4 nitrogen and oxygen atoms in total. The summed E-state index contributed by atoms with van der Waals surface area (Å²) in [6.07, 6.45) is 4.88. The number of nitrogens with zero attached hydrogens (tertiary/aromatic N) is 2. The molecule has 170 valence electrons. The van der Waals surface area contributed by atoms with Gasteiger partial charge in [0.05, 0.1) is 29.7 Å². The number of pyridine rings is 1. The van der Waals surface area contributed by atoms with Gasteiger partial charge in [-0.15, -0.1) is 0 Å². The summed E-state index contributed by atoms with van der Waals surface area (Å²) in [6.45, 7) is 6.12. The second-order valence-corrected chi connectivity index (χ2v) is 9.64. The molecule has 1 fully saturated rings. The number of rotatable bonds is 7. The number of H-pyrrole nitrogens is 1. The summed E-state index contributed by atoms with van der Waals surface area (Å²) in [7, 11) is 0. The van der Waals surface area contributed by atoms with E-state index in [1.165, 1.54) is 12.3 Å². The van der Waals surface area contributed by atoms with Crippen LogP contribution in [0.4, 0.5) is 13.2 Å². The lowest BCUT2D eigenvalue weighted by molar-refractivity contribution is 0.0148. The van der Waals surface area contributed by atoms with Crippen LogP contribution in [0.15, 0.2) is 48.8 Å². The summed E-state index contributed by atoms with van der Waals surface area (Å²) in [5.41, 5.74) is 2.43. The van der Waals surface area contributed by atoms with Crippen LogP contribution in [0, 0.1) is 11.2 Å². The minimum Gasteiger partial charge on any atom is -0.347 e. The highest BCUT2D eigenvalue weighted by Gasteiger charge is 2.51. The second kappa shape index (κ2) is 8.35. The molecule has 0 aliphatic carbocycles. The second-order valence-electron chi connectivity index (χ2n) is 9.64. The Kier molecular flexibility index (Phi) is 5.88. The van der Waals surface area contributed by atoms with Crippen LogP contribution < -0.4 is 5.32 Å². The van der Waals surface area contributed by atoms with Crippen molar-refractivity contribution >= 4 is 0 Å². The summed E-state index contributed by atoms with van der Waals surface area (Å²) in [4.78, 5) is 12.0. The van der Waals surface area contributed by atoms with Gasteiger partial charge >= 0.3 is 0 Å². The summed E-state index contributed by atoms with van der Waals surface area (Å²) >= 11 is 0. The first-order chi connectivity index (χ1) is 15.1. The number of alkyl halides is 2. The standard InChI is InChI=1S/C25H29F3N4/c1-4-23(2,3)12-20-14-30-22(32-20)24(15-25(27,28)16-31-24)11-17-5-7-18(8-6-17)21-10-9-19(26)13-29-21/h5-10,13-14,31H,4,11-12,15-16H2,1-3H3,(H,30,32). The number of hydrogen-bond acceptors (Lipinski definition) is 3. The average Bonchev–Trinajstić information content (AvgIpc) is 3.33. The van der Waals surface area contributed by atoms with Crippen molar-refractivity contribution in [1.29, 1.82) is 0 Å². The van der Waals surface area contributed by atoms with E-state index in [1.807, 2.05) is 30.5 Å². The van der Waals surface area contributed by atoms with Gasteiger partial charge in [-0.05, 0) is 36.0 Å². The lowest BCUT2D eigenvalue weighted by Gasteiger charge is -2.28. The van der Waals surface area contributed by atoms with Crippen LogP contribution in [-0.4, -0.2) is 27.4 Å². The number of hydrogen-bond donors (Lipinski definition) is 2. The van der Waals surface area contributed by atoms with Crippen molar-refractivity contribution in [2.45, 2.75) is 57.9 Å². The highest BCUT2D eigenvalue weighted by atomic mass is 19.3. The molecular weight excluding hydrogens is 413 g/mol. The van der Waals surface area contributed by atoms with Gasteiger partial charge in [0.2, 0.25) is 0 Å². The molecule has 0 saturated carbocycles. The molecule has 1 aliphatic heterocycles. The van der Waals surface area contributed by atoms with Crippen LogP contribution in [0.5, 0.6) is 0 Å². The summed E-state index contributed by atoms with van der Waals surface area (Å²) < 4.78 is 41.8. The van der Waals surface area contributed by atoms with Crippen molar-refractivity contribution in [3.8, 4) is 11.3 Å². The van der Waals surface area contributed by atoms with Crippen molar-refractivity contribution in [1.82, 2.24) is 20.3 Å². The lowest BCUT2D eigenvalue weighted by atomic mass is 9.85. The zero-order valence-electron chi connectivity index (χ0n) is 18.7. The number of halogens is 3. The van der Waals surface area contributed by atoms with E-state index in [4.69, 9.17) is 4.98 Å². The molecule has 0 bridgehead atoms. The monoisotopic (exact) mass is 442 g/mol. The van der Waals surface area contributed by atoms with E-state index < -0.39 is 11.5 Å². The fourth-order valence-corrected chi connectivity index (χ4v) is 4.24. The van der Waals surface area contributed by atoms with E-state index in [9.17, 15) is 13.2 Å². The normalized spacial score (nSPS) is 20.6. The van der Waals surface area contributed by atoms with Crippen molar-refractivity contribution in [2.75, 3.05) is 6.54 Å². The molecule has 1 unspecified atom stereocenters. The minimum atomic E-state index is -2.80. The molecule has 0 radical (unpaired) electrons. The number of aromatic nitrogens is 3. The van der Waals surface area contributed by atoms with E-state index in [0.29, 0.717) is 17.9 Å². The van der Waals surface area contributed by atoms with Crippen molar-refractivity contribution in [2.24, 2.45) is 5.41 Å². The molecule has 1 saturated heterocycles. The minimum absolute atomic E-state index is 0.0941. The highest BCUT2D eigenvalue weighted by Crippen LogP contribution is 2.41. The van der Waals surface area contributed by atoms with Crippen molar-refractivity contribution in [3.05, 3.63) is 71.7 Å². The van der Waals surface area contributed by atoms with Crippen LogP contribution in [0.25, 0.3) is 11.3 Å². The number of benzene rings is 1. The Morgan fingerprint density at radius 3 is 2.44 bits per heavy atom. The Bertz CT molecular complexity index is 1060. The first-order valence-electron chi connectivity index (χ1n) is 11.0. The Balaban J connectivity index is 1.59. The smallest absolute Gasteiger partial charge is 0.262 e. The van der Waals surface area contributed by atoms with Gasteiger partial charge in [0.1, 0.15) is 11.6 Å². The predicted molar refractivity (Wildman–Crippen MR) is 119 cm³/mol. The molecule has 0 amide bonds. The molecule has 3 heterocycles. The maximum absolute atomic E-state index is 14.3. The van der Waals surface area contributed by atoms with E-state index in [1.54, 1.807) is 6.07 Å².